The minimum absolute atomic E-state index is 0.0336. The maximum Gasteiger partial charge on any atom is 0.207 e. The molecule has 0 radical (unpaired) electrons. The molecule has 0 atom stereocenters. The molecule has 28 heavy (non-hydrogen) atoms. The SMILES string of the molecule is O=C(CC(=O)c1c(Cc2ccc(F)cc2)[nH]c2ccc(Cl)cc12)c1ncn[nH]1. The molecule has 0 aliphatic carbocycles. The lowest BCUT2D eigenvalue weighted by Gasteiger charge is -2.05. The molecule has 0 saturated heterocycles. The number of rotatable bonds is 6. The van der Waals surface area contributed by atoms with Gasteiger partial charge in [0.1, 0.15) is 12.1 Å². The Morgan fingerprint density at radius 3 is 2.57 bits per heavy atom. The fraction of sp³-hybridized carbons (Fsp3) is 0.100. The quantitative estimate of drug-likeness (QED) is 0.378. The summed E-state index contributed by atoms with van der Waals surface area (Å²) in [5.74, 6) is -1.11. The third-order valence-electron chi connectivity index (χ3n) is 4.41. The zero-order chi connectivity index (χ0) is 19.7. The number of aromatic amines is 2. The molecule has 0 unspecified atom stereocenters. The summed E-state index contributed by atoms with van der Waals surface area (Å²) in [6, 6.07) is 11.2. The number of nitrogens with one attached hydrogen (secondary N) is 2. The van der Waals surface area contributed by atoms with Crippen LogP contribution in [0.25, 0.3) is 10.9 Å². The van der Waals surface area contributed by atoms with Gasteiger partial charge in [-0.1, -0.05) is 23.7 Å². The predicted molar refractivity (Wildman–Crippen MR) is 102 cm³/mol. The monoisotopic (exact) mass is 396 g/mol. The molecule has 0 aliphatic rings. The first kappa shape index (κ1) is 18.1. The van der Waals surface area contributed by atoms with E-state index in [9.17, 15) is 14.0 Å². The molecule has 2 aromatic heterocycles. The lowest BCUT2D eigenvalue weighted by molar-refractivity contribution is 0.0889. The van der Waals surface area contributed by atoms with Crippen molar-refractivity contribution in [3.8, 4) is 0 Å². The lowest BCUT2D eigenvalue weighted by Crippen LogP contribution is -2.11. The first-order valence-electron chi connectivity index (χ1n) is 8.47. The zero-order valence-corrected chi connectivity index (χ0v) is 15.3. The summed E-state index contributed by atoms with van der Waals surface area (Å²) in [5.41, 5.74) is 2.60. The zero-order valence-electron chi connectivity index (χ0n) is 14.5. The summed E-state index contributed by atoms with van der Waals surface area (Å²) in [6.07, 6.45) is 1.23. The highest BCUT2D eigenvalue weighted by Crippen LogP contribution is 2.28. The van der Waals surface area contributed by atoms with Gasteiger partial charge in [0, 0.05) is 33.6 Å². The van der Waals surface area contributed by atoms with Gasteiger partial charge < -0.3 is 4.98 Å². The van der Waals surface area contributed by atoms with Crippen molar-refractivity contribution < 1.29 is 14.0 Å². The fourth-order valence-corrected chi connectivity index (χ4v) is 3.31. The van der Waals surface area contributed by atoms with Crippen molar-refractivity contribution in [2.24, 2.45) is 0 Å². The number of ketones is 2. The number of nitrogens with zero attached hydrogens (tertiary/aromatic N) is 2. The summed E-state index contributed by atoms with van der Waals surface area (Å²) in [6.45, 7) is 0. The molecule has 140 valence electrons. The molecule has 8 heteroatoms. The van der Waals surface area contributed by atoms with Crippen LogP contribution in [-0.4, -0.2) is 31.7 Å². The van der Waals surface area contributed by atoms with Crippen molar-refractivity contribution >= 4 is 34.1 Å². The Labute approximate surface area is 163 Å². The van der Waals surface area contributed by atoms with Crippen LogP contribution in [0.3, 0.4) is 0 Å². The maximum absolute atomic E-state index is 13.2. The standard InChI is InChI=1S/C20H14ClFN4O2/c21-12-3-6-15-14(8-12)19(17(27)9-18(28)20-23-10-24-26-20)16(25-15)7-11-1-4-13(22)5-2-11/h1-6,8,10,25H,7,9H2,(H,23,24,26). The van der Waals surface area contributed by atoms with E-state index in [1.807, 2.05) is 0 Å². The summed E-state index contributed by atoms with van der Waals surface area (Å²) >= 11 is 6.11. The molecule has 2 heterocycles. The van der Waals surface area contributed by atoms with Gasteiger partial charge in [-0.15, -0.1) is 0 Å². The van der Waals surface area contributed by atoms with Gasteiger partial charge in [-0.05, 0) is 35.9 Å². The Bertz CT molecular complexity index is 1170. The van der Waals surface area contributed by atoms with E-state index in [0.29, 0.717) is 28.1 Å². The average molecular weight is 397 g/mol. The number of hydrogen-bond acceptors (Lipinski definition) is 4. The van der Waals surface area contributed by atoms with Crippen molar-refractivity contribution in [3.63, 3.8) is 0 Å². The largest absolute Gasteiger partial charge is 0.357 e. The minimum atomic E-state index is -0.452. The number of Topliss-reactive ketones (excluding diaryl/α,β-unsaturated/α-hetero) is 2. The average Bonchev–Trinajstić information content (AvgIpc) is 3.31. The maximum atomic E-state index is 13.2. The van der Waals surface area contributed by atoms with E-state index in [-0.39, 0.29) is 23.8 Å². The molecular weight excluding hydrogens is 383 g/mol. The van der Waals surface area contributed by atoms with Crippen LogP contribution < -0.4 is 0 Å². The third-order valence-corrected chi connectivity index (χ3v) is 4.65. The van der Waals surface area contributed by atoms with Crippen molar-refractivity contribution in [3.05, 3.63) is 82.3 Å². The van der Waals surface area contributed by atoms with Gasteiger partial charge in [-0.2, -0.15) is 5.10 Å². The van der Waals surface area contributed by atoms with Crippen LogP contribution in [-0.2, 0) is 6.42 Å². The van der Waals surface area contributed by atoms with Gasteiger partial charge in [0.25, 0.3) is 0 Å². The summed E-state index contributed by atoms with van der Waals surface area (Å²) in [7, 11) is 0. The molecule has 2 aromatic carbocycles. The molecule has 0 fully saturated rings. The van der Waals surface area contributed by atoms with Gasteiger partial charge in [-0.25, -0.2) is 9.37 Å². The number of halogens is 2. The summed E-state index contributed by atoms with van der Waals surface area (Å²) < 4.78 is 13.2. The highest BCUT2D eigenvalue weighted by Gasteiger charge is 2.23. The number of carbonyl (C=O) groups is 2. The van der Waals surface area contributed by atoms with E-state index in [1.54, 1.807) is 30.3 Å². The van der Waals surface area contributed by atoms with Crippen molar-refractivity contribution in [2.75, 3.05) is 0 Å². The molecule has 0 aliphatic heterocycles. The Morgan fingerprint density at radius 2 is 1.86 bits per heavy atom. The van der Waals surface area contributed by atoms with Gasteiger partial charge >= 0.3 is 0 Å². The molecule has 0 spiro atoms. The van der Waals surface area contributed by atoms with Gasteiger partial charge in [0.05, 0.1) is 6.42 Å². The molecule has 0 saturated carbocycles. The van der Waals surface area contributed by atoms with Crippen LogP contribution in [0.2, 0.25) is 5.02 Å². The van der Waals surface area contributed by atoms with E-state index < -0.39 is 5.78 Å². The van der Waals surface area contributed by atoms with Gasteiger partial charge in [-0.3, -0.25) is 14.7 Å². The van der Waals surface area contributed by atoms with Crippen LogP contribution in [0.5, 0.6) is 0 Å². The molecule has 0 amide bonds. The van der Waals surface area contributed by atoms with Crippen molar-refractivity contribution in [2.45, 2.75) is 12.8 Å². The Hall–Kier alpha value is -3.32. The van der Waals surface area contributed by atoms with E-state index in [0.717, 1.165) is 11.1 Å². The molecular formula is C20H14ClFN4O2. The number of carbonyl (C=O) groups excluding carboxylic acids is 2. The fourth-order valence-electron chi connectivity index (χ4n) is 3.14. The number of H-pyrrole nitrogens is 2. The van der Waals surface area contributed by atoms with Gasteiger partial charge in [0.2, 0.25) is 5.78 Å². The van der Waals surface area contributed by atoms with E-state index in [2.05, 4.69) is 20.2 Å². The van der Waals surface area contributed by atoms with Gasteiger partial charge in [0.15, 0.2) is 11.6 Å². The van der Waals surface area contributed by atoms with Crippen LogP contribution in [0.1, 0.15) is 38.7 Å². The van der Waals surface area contributed by atoms with Crippen molar-refractivity contribution in [1.29, 1.82) is 0 Å². The molecule has 4 rings (SSSR count). The molecule has 2 N–H and O–H groups in total. The molecule has 0 bridgehead atoms. The second-order valence-corrected chi connectivity index (χ2v) is 6.77. The second kappa shape index (κ2) is 7.36. The Kier molecular flexibility index (Phi) is 4.75. The van der Waals surface area contributed by atoms with Crippen LogP contribution in [0.4, 0.5) is 4.39 Å². The number of hydrogen-bond donors (Lipinski definition) is 2. The first-order valence-corrected chi connectivity index (χ1v) is 8.85. The third kappa shape index (κ3) is 3.57. The van der Waals surface area contributed by atoms with Crippen LogP contribution in [0.15, 0.2) is 48.8 Å². The Balaban J connectivity index is 1.73. The summed E-state index contributed by atoms with van der Waals surface area (Å²) in [5, 5.41) is 7.22. The van der Waals surface area contributed by atoms with Crippen LogP contribution in [0, 0.1) is 5.82 Å². The van der Waals surface area contributed by atoms with E-state index >= 15 is 0 Å². The number of aromatic nitrogens is 4. The lowest BCUT2D eigenvalue weighted by atomic mass is 9.98. The highest BCUT2D eigenvalue weighted by molar-refractivity contribution is 6.31. The number of benzene rings is 2. The molecule has 4 aromatic rings. The normalized spacial score (nSPS) is 11.1. The predicted octanol–water partition coefficient (Wildman–Crippen LogP) is 4.13. The first-order chi connectivity index (χ1) is 13.5. The second-order valence-electron chi connectivity index (χ2n) is 6.33. The molecule has 6 nitrogen and oxygen atoms in total. The highest BCUT2D eigenvalue weighted by atomic mass is 35.5. The van der Waals surface area contributed by atoms with Crippen molar-refractivity contribution in [1.82, 2.24) is 20.2 Å². The topological polar surface area (TPSA) is 91.5 Å². The van der Waals surface area contributed by atoms with E-state index in [1.165, 1.54) is 18.5 Å². The summed E-state index contributed by atoms with van der Waals surface area (Å²) in [4.78, 5) is 32.3. The van der Waals surface area contributed by atoms with Crippen LogP contribution >= 0.6 is 11.6 Å². The number of fused-ring (bicyclic) bond motifs is 1. The minimum Gasteiger partial charge on any atom is -0.357 e. The van der Waals surface area contributed by atoms with E-state index in [4.69, 9.17) is 11.6 Å². The smallest absolute Gasteiger partial charge is 0.207 e. The Morgan fingerprint density at radius 1 is 1.07 bits per heavy atom.